The van der Waals surface area contributed by atoms with E-state index in [9.17, 15) is 4.79 Å². The van der Waals surface area contributed by atoms with Gasteiger partial charge in [-0.1, -0.05) is 30.7 Å². The van der Waals surface area contributed by atoms with Crippen LogP contribution < -0.4 is 0 Å². The van der Waals surface area contributed by atoms with Crippen molar-refractivity contribution in [3.8, 4) is 0 Å². The maximum Gasteiger partial charge on any atom is 0.310 e. The van der Waals surface area contributed by atoms with Crippen LogP contribution in [0.2, 0.25) is 0 Å². The van der Waals surface area contributed by atoms with Gasteiger partial charge < -0.3 is 5.11 Å². The molecule has 0 saturated heterocycles. The molecule has 0 amide bonds. The molecule has 2 nitrogen and oxygen atoms in total. The number of rotatable bonds is 3. The van der Waals surface area contributed by atoms with Crippen LogP contribution in [0.25, 0.3) is 0 Å². The summed E-state index contributed by atoms with van der Waals surface area (Å²) >= 11 is 0. The number of hydrogen-bond acceptors (Lipinski definition) is 1. The number of aliphatic carboxylic acids is 1. The second-order valence-electron chi connectivity index (χ2n) is 3.62. The maximum absolute atomic E-state index is 10.9. The Labute approximate surface area is 84.6 Å². The number of carbonyl (C=O) groups is 1. The van der Waals surface area contributed by atoms with Crippen molar-refractivity contribution in [2.24, 2.45) is 0 Å². The van der Waals surface area contributed by atoms with E-state index in [1.807, 2.05) is 26.0 Å². The van der Waals surface area contributed by atoms with Crippen molar-refractivity contribution in [3.05, 3.63) is 34.9 Å². The molecule has 0 aliphatic rings. The standard InChI is InChI=1S/C12H16O2/c1-4-10-7-8(2)5-6-11(10)9(3)12(13)14/h5-7,9H,4H2,1-3H3,(H,13,14). The summed E-state index contributed by atoms with van der Waals surface area (Å²) in [6.07, 6.45) is 0.884. The van der Waals surface area contributed by atoms with E-state index in [-0.39, 0.29) is 0 Å². The third-order valence-electron chi connectivity index (χ3n) is 2.52. The Morgan fingerprint density at radius 3 is 2.64 bits per heavy atom. The molecule has 0 radical (unpaired) electrons. The van der Waals surface area contributed by atoms with Crippen LogP contribution in [0, 0.1) is 6.92 Å². The Morgan fingerprint density at radius 1 is 1.50 bits per heavy atom. The fourth-order valence-corrected chi connectivity index (χ4v) is 1.60. The Balaban J connectivity index is 3.13. The summed E-state index contributed by atoms with van der Waals surface area (Å²) in [6, 6.07) is 5.95. The summed E-state index contributed by atoms with van der Waals surface area (Å²) in [6.45, 7) is 5.80. The van der Waals surface area contributed by atoms with E-state index in [0.717, 1.165) is 17.5 Å². The van der Waals surface area contributed by atoms with Crippen molar-refractivity contribution >= 4 is 5.97 Å². The Bertz CT molecular complexity index is 342. The zero-order valence-corrected chi connectivity index (χ0v) is 8.87. The molecule has 2 heteroatoms. The minimum absolute atomic E-state index is 0.412. The van der Waals surface area contributed by atoms with Crippen molar-refractivity contribution in [2.45, 2.75) is 33.1 Å². The molecule has 0 bridgehead atoms. The predicted molar refractivity (Wildman–Crippen MR) is 56.6 cm³/mol. The summed E-state index contributed by atoms with van der Waals surface area (Å²) in [4.78, 5) is 10.9. The number of hydrogen-bond donors (Lipinski definition) is 1. The minimum Gasteiger partial charge on any atom is -0.481 e. The van der Waals surface area contributed by atoms with Gasteiger partial charge in [-0.25, -0.2) is 0 Å². The van der Waals surface area contributed by atoms with Crippen LogP contribution >= 0.6 is 0 Å². The highest BCUT2D eigenvalue weighted by atomic mass is 16.4. The second kappa shape index (κ2) is 4.27. The highest BCUT2D eigenvalue weighted by Gasteiger charge is 2.16. The van der Waals surface area contributed by atoms with Gasteiger partial charge in [0.1, 0.15) is 0 Å². The first-order valence-electron chi connectivity index (χ1n) is 4.88. The normalized spacial score (nSPS) is 12.5. The van der Waals surface area contributed by atoms with Gasteiger partial charge in [0.15, 0.2) is 0 Å². The molecule has 1 aromatic rings. The van der Waals surface area contributed by atoms with Gasteiger partial charge in [0, 0.05) is 0 Å². The van der Waals surface area contributed by atoms with E-state index >= 15 is 0 Å². The summed E-state index contributed by atoms with van der Waals surface area (Å²) in [7, 11) is 0. The lowest BCUT2D eigenvalue weighted by Gasteiger charge is -2.12. The number of aryl methyl sites for hydroxylation is 2. The molecule has 0 saturated carbocycles. The fourth-order valence-electron chi connectivity index (χ4n) is 1.60. The van der Waals surface area contributed by atoms with E-state index in [4.69, 9.17) is 5.11 Å². The lowest BCUT2D eigenvalue weighted by molar-refractivity contribution is -0.138. The van der Waals surface area contributed by atoms with E-state index in [1.54, 1.807) is 6.92 Å². The van der Waals surface area contributed by atoms with Gasteiger partial charge in [-0.2, -0.15) is 0 Å². The molecule has 0 aliphatic heterocycles. The third kappa shape index (κ3) is 2.13. The molecule has 1 N–H and O–H groups in total. The van der Waals surface area contributed by atoms with Crippen LogP contribution in [0.15, 0.2) is 18.2 Å². The first kappa shape index (κ1) is 10.8. The largest absolute Gasteiger partial charge is 0.481 e. The van der Waals surface area contributed by atoms with Crippen LogP contribution in [0.4, 0.5) is 0 Å². The van der Waals surface area contributed by atoms with E-state index in [0.29, 0.717) is 0 Å². The van der Waals surface area contributed by atoms with E-state index < -0.39 is 11.9 Å². The number of benzene rings is 1. The Hall–Kier alpha value is -1.31. The summed E-state index contributed by atoms with van der Waals surface area (Å²) in [5, 5.41) is 8.92. The molecule has 0 heterocycles. The lowest BCUT2D eigenvalue weighted by atomic mass is 9.93. The fraction of sp³-hybridized carbons (Fsp3) is 0.417. The Morgan fingerprint density at radius 2 is 2.14 bits per heavy atom. The quantitative estimate of drug-likeness (QED) is 0.799. The van der Waals surface area contributed by atoms with Gasteiger partial charge in [-0.05, 0) is 31.4 Å². The summed E-state index contributed by atoms with van der Waals surface area (Å²) in [5.41, 5.74) is 3.26. The monoisotopic (exact) mass is 192 g/mol. The molecule has 0 fully saturated rings. The molecule has 0 spiro atoms. The van der Waals surface area contributed by atoms with Crippen molar-refractivity contribution in [3.63, 3.8) is 0 Å². The van der Waals surface area contributed by atoms with Crippen LogP contribution in [-0.4, -0.2) is 11.1 Å². The molecule has 76 valence electrons. The zero-order valence-electron chi connectivity index (χ0n) is 8.87. The smallest absolute Gasteiger partial charge is 0.310 e. The highest BCUT2D eigenvalue weighted by molar-refractivity contribution is 5.76. The van der Waals surface area contributed by atoms with Crippen LogP contribution in [0.1, 0.15) is 36.5 Å². The summed E-state index contributed by atoms with van der Waals surface area (Å²) in [5.74, 6) is -1.17. The molecule has 1 unspecified atom stereocenters. The van der Waals surface area contributed by atoms with Crippen LogP contribution in [0.3, 0.4) is 0 Å². The van der Waals surface area contributed by atoms with Crippen LogP contribution in [0.5, 0.6) is 0 Å². The maximum atomic E-state index is 10.9. The van der Waals surface area contributed by atoms with Gasteiger partial charge in [0.2, 0.25) is 0 Å². The molecule has 1 aromatic carbocycles. The molecule has 0 aromatic heterocycles. The van der Waals surface area contributed by atoms with Gasteiger partial charge in [0.05, 0.1) is 5.92 Å². The average molecular weight is 192 g/mol. The number of carboxylic acids is 1. The molecular formula is C12H16O2. The minimum atomic E-state index is -0.761. The van der Waals surface area contributed by atoms with Crippen molar-refractivity contribution in [2.75, 3.05) is 0 Å². The Kier molecular flexibility index (Phi) is 3.28. The van der Waals surface area contributed by atoms with Gasteiger partial charge in [-0.15, -0.1) is 0 Å². The molecule has 1 rings (SSSR count). The molecule has 14 heavy (non-hydrogen) atoms. The first-order valence-corrected chi connectivity index (χ1v) is 4.88. The SMILES string of the molecule is CCc1cc(C)ccc1C(C)C(=O)O. The molecular weight excluding hydrogens is 176 g/mol. The van der Waals surface area contributed by atoms with Crippen molar-refractivity contribution in [1.29, 1.82) is 0 Å². The average Bonchev–Trinajstić information content (AvgIpc) is 2.16. The first-order chi connectivity index (χ1) is 6.56. The van der Waals surface area contributed by atoms with Gasteiger partial charge >= 0.3 is 5.97 Å². The lowest BCUT2D eigenvalue weighted by Crippen LogP contribution is -2.09. The molecule has 1 atom stereocenters. The van der Waals surface area contributed by atoms with Gasteiger partial charge in [-0.3, -0.25) is 4.79 Å². The van der Waals surface area contributed by atoms with Crippen LogP contribution in [-0.2, 0) is 11.2 Å². The second-order valence-corrected chi connectivity index (χ2v) is 3.62. The predicted octanol–water partition coefficient (Wildman–Crippen LogP) is 2.75. The topological polar surface area (TPSA) is 37.3 Å². The summed E-state index contributed by atoms with van der Waals surface area (Å²) < 4.78 is 0. The van der Waals surface area contributed by atoms with E-state index in [2.05, 4.69) is 6.07 Å². The van der Waals surface area contributed by atoms with E-state index in [1.165, 1.54) is 5.56 Å². The molecule has 0 aliphatic carbocycles. The zero-order chi connectivity index (χ0) is 10.7. The highest BCUT2D eigenvalue weighted by Crippen LogP contribution is 2.21. The van der Waals surface area contributed by atoms with Crippen molar-refractivity contribution < 1.29 is 9.90 Å². The third-order valence-corrected chi connectivity index (χ3v) is 2.52. The number of carboxylic acid groups (broad SMARTS) is 1. The van der Waals surface area contributed by atoms with Crippen molar-refractivity contribution in [1.82, 2.24) is 0 Å². The van der Waals surface area contributed by atoms with Gasteiger partial charge in [0.25, 0.3) is 0 Å².